The molecule has 1 heterocycles. The molecule has 0 unspecified atom stereocenters. The van der Waals surface area contributed by atoms with Crippen LogP contribution in [0.15, 0.2) is 0 Å². The fourth-order valence-electron chi connectivity index (χ4n) is 0.284. The van der Waals surface area contributed by atoms with E-state index in [9.17, 15) is 4.79 Å². The van der Waals surface area contributed by atoms with Crippen molar-refractivity contribution < 1.29 is 9.53 Å². The number of rotatable bonds is 0. The average molecular weight is 86.1 g/mol. The number of carbonyl (C=O) groups is 1. The molecule has 1 radical (unpaired) electrons. The third-order valence-corrected chi connectivity index (χ3v) is 0.520. The van der Waals surface area contributed by atoms with Gasteiger partial charge in [-0.25, -0.2) is 4.79 Å². The molecule has 0 atom stereocenters. The lowest BCUT2D eigenvalue weighted by molar-refractivity contribution is 0.193. The van der Waals surface area contributed by atoms with Crippen molar-refractivity contribution in [3.63, 3.8) is 0 Å². The third kappa shape index (κ3) is 0.429. The zero-order valence-corrected chi connectivity index (χ0v) is 3.10. The van der Waals surface area contributed by atoms with Crippen LogP contribution in [0.25, 0.3) is 0 Å². The summed E-state index contributed by atoms with van der Waals surface area (Å²) in [5, 5.41) is 2.40. The first-order valence-corrected chi connectivity index (χ1v) is 1.66. The summed E-state index contributed by atoms with van der Waals surface area (Å²) in [4.78, 5) is 9.88. The van der Waals surface area contributed by atoms with Gasteiger partial charge >= 0.3 is 6.09 Å². The summed E-state index contributed by atoms with van der Waals surface area (Å²) >= 11 is 0. The van der Waals surface area contributed by atoms with Gasteiger partial charge in [-0.15, -0.1) is 0 Å². The Bertz CT molecular complexity index is 63.2. The van der Waals surface area contributed by atoms with E-state index in [1.54, 1.807) is 0 Å². The van der Waals surface area contributed by atoms with E-state index in [4.69, 9.17) is 0 Å². The summed E-state index contributed by atoms with van der Waals surface area (Å²) in [5.41, 5.74) is 0. The van der Waals surface area contributed by atoms with Gasteiger partial charge in [-0.1, -0.05) is 0 Å². The van der Waals surface area contributed by atoms with Gasteiger partial charge in [-0.05, 0) is 0 Å². The Labute approximate surface area is 35.3 Å². The van der Waals surface area contributed by atoms with Crippen LogP contribution in [0, 0.1) is 6.61 Å². The van der Waals surface area contributed by atoms with E-state index in [1.807, 2.05) is 0 Å². The standard InChI is InChI=1S/C3H4NO2/c5-3-4-1-2-6-3/h2H,1H2,(H,4,5). The van der Waals surface area contributed by atoms with Gasteiger partial charge in [0.25, 0.3) is 0 Å². The van der Waals surface area contributed by atoms with Gasteiger partial charge in [-0.2, -0.15) is 0 Å². The second-order valence-electron chi connectivity index (χ2n) is 0.953. The zero-order chi connectivity index (χ0) is 4.41. The van der Waals surface area contributed by atoms with Crippen LogP contribution in [0.4, 0.5) is 4.79 Å². The molecule has 0 aromatic rings. The number of hydrogen-bond donors (Lipinski definition) is 1. The SMILES string of the molecule is O=C1NC[CH]O1. The van der Waals surface area contributed by atoms with Crippen molar-refractivity contribution >= 4 is 6.09 Å². The molecule has 1 amide bonds. The first-order chi connectivity index (χ1) is 2.89. The van der Waals surface area contributed by atoms with Gasteiger partial charge in [0, 0.05) is 0 Å². The maximum atomic E-state index is 9.88. The normalized spacial score (nSPS) is 19.7. The molecule has 0 aliphatic carbocycles. The highest BCUT2D eigenvalue weighted by molar-refractivity contribution is 5.69. The van der Waals surface area contributed by atoms with Crippen molar-refractivity contribution in [1.82, 2.24) is 5.32 Å². The topological polar surface area (TPSA) is 38.3 Å². The van der Waals surface area contributed by atoms with Crippen LogP contribution in [0.1, 0.15) is 0 Å². The van der Waals surface area contributed by atoms with Crippen LogP contribution in [-0.2, 0) is 4.74 Å². The molecule has 0 aromatic carbocycles. The van der Waals surface area contributed by atoms with Crippen LogP contribution >= 0.6 is 0 Å². The van der Waals surface area contributed by atoms with Crippen molar-refractivity contribution in [3.05, 3.63) is 6.61 Å². The lowest BCUT2D eigenvalue weighted by Gasteiger charge is -1.79. The Morgan fingerprint density at radius 2 is 2.83 bits per heavy atom. The van der Waals surface area contributed by atoms with Crippen molar-refractivity contribution in [2.75, 3.05) is 6.54 Å². The highest BCUT2D eigenvalue weighted by Crippen LogP contribution is 1.88. The molecule has 1 saturated heterocycles. The summed E-state index contributed by atoms with van der Waals surface area (Å²) in [6.07, 6.45) is -0.352. The number of nitrogens with one attached hydrogen (secondary N) is 1. The lowest BCUT2D eigenvalue weighted by Crippen LogP contribution is -2.11. The second-order valence-corrected chi connectivity index (χ2v) is 0.953. The maximum absolute atomic E-state index is 9.88. The number of alkyl carbamates (subject to hydrolysis) is 1. The fourth-order valence-corrected chi connectivity index (χ4v) is 0.284. The van der Waals surface area contributed by atoms with E-state index >= 15 is 0 Å². The Morgan fingerprint density at radius 1 is 2.00 bits per heavy atom. The van der Waals surface area contributed by atoms with Gasteiger partial charge < -0.3 is 10.1 Å². The maximum Gasteiger partial charge on any atom is 0.407 e. The summed E-state index contributed by atoms with van der Waals surface area (Å²) in [5.74, 6) is 0. The Hall–Kier alpha value is -0.730. The zero-order valence-electron chi connectivity index (χ0n) is 3.10. The predicted molar refractivity (Wildman–Crippen MR) is 18.8 cm³/mol. The molecule has 33 valence electrons. The molecule has 1 rings (SSSR count). The van der Waals surface area contributed by atoms with Crippen molar-refractivity contribution in [1.29, 1.82) is 0 Å². The lowest BCUT2D eigenvalue weighted by atomic mass is 10.7. The largest absolute Gasteiger partial charge is 0.440 e. The minimum atomic E-state index is -0.352. The van der Waals surface area contributed by atoms with Gasteiger partial charge in [-0.3, -0.25) is 0 Å². The fraction of sp³-hybridized carbons (Fsp3) is 0.333. The van der Waals surface area contributed by atoms with Crippen LogP contribution in [-0.4, -0.2) is 12.6 Å². The summed E-state index contributed by atoms with van der Waals surface area (Å²) in [7, 11) is 0. The highest BCUT2D eigenvalue weighted by atomic mass is 16.6. The molecule has 6 heavy (non-hydrogen) atoms. The third-order valence-electron chi connectivity index (χ3n) is 0.520. The molecule has 0 saturated carbocycles. The average Bonchev–Trinajstić information content (AvgIpc) is 1.86. The number of cyclic esters (lactones) is 1. The molecule has 3 nitrogen and oxygen atoms in total. The minimum Gasteiger partial charge on any atom is -0.440 e. The predicted octanol–water partition coefficient (Wildman–Crippen LogP) is -0.112. The monoisotopic (exact) mass is 86.0 g/mol. The molecular formula is C3H4NO2. The van der Waals surface area contributed by atoms with Crippen LogP contribution in [0.3, 0.4) is 0 Å². The second kappa shape index (κ2) is 1.16. The first kappa shape index (κ1) is 3.46. The van der Waals surface area contributed by atoms with E-state index < -0.39 is 0 Å². The van der Waals surface area contributed by atoms with Gasteiger partial charge in [0.15, 0.2) is 6.61 Å². The van der Waals surface area contributed by atoms with E-state index in [0.717, 1.165) is 0 Å². The van der Waals surface area contributed by atoms with E-state index in [1.165, 1.54) is 6.61 Å². The van der Waals surface area contributed by atoms with Crippen molar-refractivity contribution in [3.8, 4) is 0 Å². The number of carbonyl (C=O) groups excluding carboxylic acids is 1. The Kier molecular flexibility index (Phi) is 0.670. The summed E-state index contributed by atoms with van der Waals surface area (Å²) in [6, 6.07) is 0. The quantitative estimate of drug-likeness (QED) is 0.446. The van der Waals surface area contributed by atoms with E-state index in [-0.39, 0.29) is 6.09 Å². The van der Waals surface area contributed by atoms with Gasteiger partial charge in [0.1, 0.15) is 0 Å². The number of amides is 1. The first-order valence-electron chi connectivity index (χ1n) is 1.66. The molecule has 1 aliphatic heterocycles. The number of hydrogen-bond acceptors (Lipinski definition) is 2. The van der Waals surface area contributed by atoms with Crippen LogP contribution in [0.2, 0.25) is 0 Å². The molecule has 3 heteroatoms. The van der Waals surface area contributed by atoms with Crippen LogP contribution < -0.4 is 5.32 Å². The Morgan fingerprint density at radius 3 is 3.00 bits per heavy atom. The highest BCUT2D eigenvalue weighted by Gasteiger charge is 2.07. The smallest absolute Gasteiger partial charge is 0.407 e. The summed E-state index contributed by atoms with van der Waals surface area (Å²) in [6.45, 7) is 1.96. The molecule has 0 bridgehead atoms. The molecule has 0 spiro atoms. The number of ether oxygens (including phenoxy) is 1. The van der Waals surface area contributed by atoms with Gasteiger partial charge in [0.05, 0.1) is 6.54 Å². The molecule has 1 aliphatic rings. The molecule has 1 fully saturated rings. The van der Waals surface area contributed by atoms with Gasteiger partial charge in [0.2, 0.25) is 0 Å². The summed E-state index contributed by atoms with van der Waals surface area (Å²) < 4.78 is 4.28. The van der Waals surface area contributed by atoms with Crippen molar-refractivity contribution in [2.45, 2.75) is 0 Å². The van der Waals surface area contributed by atoms with E-state index in [2.05, 4.69) is 10.1 Å². The Balaban J connectivity index is 2.37. The van der Waals surface area contributed by atoms with E-state index in [0.29, 0.717) is 6.54 Å². The minimum absolute atomic E-state index is 0.352. The molecule has 0 aromatic heterocycles. The van der Waals surface area contributed by atoms with Crippen LogP contribution in [0.5, 0.6) is 0 Å². The van der Waals surface area contributed by atoms with Crippen molar-refractivity contribution in [2.24, 2.45) is 0 Å². The molecular weight excluding hydrogens is 82.0 g/mol. The molecule has 1 N–H and O–H groups in total.